The number of nitrogens with one attached hydrogen (secondary N) is 1. The molecule has 1 N–H and O–H groups in total. The quantitative estimate of drug-likeness (QED) is 0.778. The number of nitrogens with zero attached hydrogens (tertiary/aromatic N) is 4. The molecule has 0 spiro atoms. The normalized spacial score (nSPS) is 10.5. The van der Waals surface area contributed by atoms with Gasteiger partial charge in [0.05, 0.1) is 7.11 Å². The molecule has 0 aromatic carbocycles. The molecule has 0 fully saturated rings. The first-order valence-corrected chi connectivity index (χ1v) is 7.66. The van der Waals surface area contributed by atoms with Crippen LogP contribution in [-0.2, 0) is 6.54 Å². The van der Waals surface area contributed by atoms with Crippen LogP contribution in [0, 0.1) is 13.8 Å². The van der Waals surface area contributed by atoms with E-state index in [0.29, 0.717) is 18.2 Å². The molecule has 0 amide bonds. The van der Waals surface area contributed by atoms with Crippen LogP contribution in [0.2, 0.25) is 0 Å². The van der Waals surface area contributed by atoms with Gasteiger partial charge in [0.15, 0.2) is 5.82 Å². The number of pyridine rings is 2. The largest absolute Gasteiger partial charge is 0.481 e. The van der Waals surface area contributed by atoms with Crippen LogP contribution in [-0.4, -0.2) is 27.0 Å². The highest BCUT2D eigenvalue weighted by molar-refractivity contribution is 5.58. The van der Waals surface area contributed by atoms with Crippen molar-refractivity contribution in [3.05, 3.63) is 59.7 Å². The SMILES string of the molecule is COc1cc(CNc2nc(-c3cccnc3)nc(C)c2C)ccn1. The summed E-state index contributed by atoms with van der Waals surface area (Å²) in [6, 6.07) is 7.68. The monoisotopic (exact) mass is 321 g/mol. The van der Waals surface area contributed by atoms with Crippen molar-refractivity contribution < 1.29 is 4.74 Å². The van der Waals surface area contributed by atoms with Crippen molar-refractivity contribution in [2.45, 2.75) is 20.4 Å². The summed E-state index contributed by atoms with van der Waals surface area (Å²) >= 11 is 0. The number of methoxy groups -OCH3 is 1. The van der Waals surface area contributed by atoms with Gasteiger partial charge < -0.3 is 10.1 Å². The highest BCUT2D eigenvalue weighted by Gasteiger charge is 2.10. The third-order valence-electron chi connectivity index (χ3n) is 3.78. The van der Waals surface area contributed by atoms with E-state index >= 15 is 0 Å². The van der Waals surface area contributed by atoms with Crippen LogP contribution in [0.25, 0.3) is 11.4 Å². The first kappa shape index (κ1) is 15.9. The van der Waals surface area contributed by atoms with E-state index in [0.717, 1.165) is 28.2 Å². The van der Waals surface area contributed by atoms with Crippen LogP contribution in [0.15, 0.2) is 42.9 Å². The standard InChI is InChI=1S/C18H19N5O/c1-12-13(2)22-18(15-5-4-7-19-11-15)23-17(12)21-10-14-6-8-20-16(9-14)24-3/h4-9,11H,10H2,1-3H3,(H,21,22,23). The van der Waals surface area contributed by atoms with Gasteiger partial charge in [0.25, 0.3) is 0 Å². The van der Waals surface area contributed by atoms with E-state index in [-0.39, 0.29) is 0 Å². The summed E-state index contributed by atoms with van der Waals surface area (Å²) < 4.78 is 5.16. The number of aryl methyl sites for hydroxylation is 1. The van der Waals surface area contributed by atoms with Gasteiger partial charge in [-0.3, -0.25) is 4.98 Å². The minimum Gasteiger partial charge on any atom is -0.481 e. The lowest BCUT2D eigenvalue weighted by atomic mass is 10.2. The van der Waals surface area contributed by atoms with Crippen molar-refractivity contribution in [2.75, 3.05) is 12.4 Å². The van der Waals surface area contributed by atoms with Crippen LogP contribution in [0.4, 0.5) is 5.82 Å². The van der Waals surface area contributed by atoms with Crippen LogP contribution >= 0.6 is 0 Å². The fourth-order valence-electron chi connectivity index (χ4n) is 2.28. The van der Waals surface area contributed by atoms with Gasteiger partial charge >= 0.3 is 0 Å². The summed E-state index contributed by atoms with van der Waals surface area (Å²) in [6.45, 7) is 4.62. The predicted molar refractivity (Wildman–Crippen MR) is 92.9 cm³/mol. The van der Waals surface area contributed by atoms with Gasteiger partial charge in [0, 0.05) is 48.0 Å². The van der Waals surface area contributed by atoms with Crippen molar-refractivity contribution in [1.29, 1.82) is 0 Å². The maximum absolute atomic E-state index is 5.16. The van der Waals surface area contributed by atoms with Gasteiger partial charge in [-0.1, -0.05) is 0 Å². The molecule has 3 rings (SSSR count). The number of hydrogen-bond donors (Lipinski definition) is 1. The molecular weight excluding hydrogens is 302 g/mol. The Balaban J connectivity index is 1.86. The highest BCUT2D eigenvalue weighted by Crippen LogP contribution is 2.21. The van der Waals surface area contributed by atoms with Gasteiger partial charge in [-0.2, -0.15) is 0 Å². The average molecular weight is 321 g/mol. The lowest BCUT2D eigenvalue weighted by Crippen LogP contribution is -2.07. The Morgan fingerprint density at radius 2 is 2.00 bits per heavy atom. The molecule has 0 unspecified atom stereocenters. The molecule has 0 radical (unpaired) electrons. The van der Waals surface area contributed by atoms with Crippen molar-refractivity contribution in [3.63, 3.8) is 0 Å². The Morgan fingerprint density at radius 3 is 2.75 bits per heavy atom. The van der Waals surface area contributed by atoms with Crippen LogP contribution in [0.1, 0.15) is 16.8 Å². The fraction of sp³-hybridized carbons (Fsp3) is 0.222. The smallest absolute Gasteiger partial charge is 0.213 e. The zero-order valence-corrected chi connectivity index (χ0v) is 13.9. The van der Waals surface area contributed by atoms with Gasteiger partial charge in [-0.25, -0.2) is 15.0 Å². The molecule has 24 heavy (non-hydrogen) atoms. The molecular formula is C18H19N5O. The molecule has 0 saturated heterocycles. The number of rotatable bonds is 5. The molecule has 0 atom stereocenters. The zero-order chi connectivity index (χ0) is 16.9. The zero-order valence-electron chi connectivity index (χ0n) is 13.9. The molecule has 0 aliphatic carbocycles. The highest BCUT2D eigenvalue weighted by atomic mass is 16.5. The first-order valence-electron chi connectivity index (χ1n) is 7.66. The number of anilines is 1. The van der Waals surface area contributed by atoms with E-state index in [9.17, 15) is 0 Å². The maximum atomic E-state index is 5.16. The molecule has 3 aromatic heterocycles. The Morgan fingerprint density at radius 1 is 1.12 bits per heavy atom. The summed E-state index contributed by atoms with van der Waals surface area (Å²) in [4.78, 5) is 17.5. The summed E-state index contributed by atoms with van der Waals surface area (Å²) in [7, 11) is 1.61. The minimum absolute atomic E-state index is 0.598. The Kier molecular flexibility index (Phi) is 4.65. The molecule has 0 saturated carbocycles. The lowest BCUT2D eigenvalue weighted by molar-refractivity contribution is 0.397. The molecule has 6 nitrogen and oxygen atoms in total. The predicted octanol–water partition coefficient (Wildman–Crippen LogP) is 3.17. The molecule has 0 aliphatic rings. The average Bonchev–Trinajstić information content (AvgIpc) is 2.63. The third kappa shape index (κ3) is 3.48. The summed E-state index contributed by atoms with van der Waals surface area (Å²) in [5.74, 6) is 2.08. The van der Waals surface area contributed by atoms with E-state index in [1.54, 1.807) is 25.7 Å². The van der Waals surface area contributed by atoms with Crippen molar-refractivity contribution in [3.8, 4) is 17.3 Å². The number of ether oxygens (including phenoxy) is 1. The van der Waals surface area contributed by atoms with E-state index in [4.69, 9.17) is 4.74 Å². The second-order valence-corrected chi connectivity index (χ2v) is 5.41. The van der Waals surface area contributed by atoms with Crippen molar-refractivity contribution in [1.82, 2.24) is 19.9 Å². The Labute approximate surface area is 141 Å². The minimum atomic E-state index is 0.598. The van der Waals surface area contributed by atoms with E-state index in [2.05, 4.69) is 25.3 Å². The molecule has 122 valence electrons. The van der Waals surface area contributed by atoms with Crippen LogP contribution in [0.3, 0.4) is 0 Å². The molecule has 0 bridgehead atoms. The fourth-order valence-corrected chi connectivity index (χ4v) is 2.28. The van der Waals surface area contributed by atoms with Crippen molar-refractivity contribution >= 4 is 5.82 Å². The Hall–Kier alpha value is -3.02. The first-order chi connectivity index (χ1) is 11.7. The van der Waals surface area contributed by atoms with Crippen molar-refractivity contribution in [2.24, 2.45) is 0 Å². The van der Waals surface area contributed by atoms with E-state index in [1.807, 2.05) is 38.1 Å². The van der Waals surface area contributed by atoms with Crippen LogP contribution in [0.5, 0.6) is 5.88 Å². The number of aromatic nitrogens is 4. The maximum Gasteiger partial charge on any atom is 0.213 e. The van der Waals surface area contributed by atoms with Gasteiger partial charge in [-0.15, -0.1) is 0 Å². The summed E-state index contributed by atoms with van der Waals surface area (Å²) in [6.07, 6.45) is 5.23. The Bertz CT molecular complexity index is 836. The lowest BCUT2D eigenvalue weighted by Gasteiger charge is -2.12. The molecule has 3 heterocycles. The van der Waals surface area contributed by atoms with Gasteiger partial charge in [0.1, 0.15) is 5.82 Å². The van der Waals surface area contributed by atoms with E-state index in [1.165, 1.54) is 0 Å². The molecule has 3 aromatic rings. The molecule has 6 heteroatoms. The van der Waals surface area contributed by atoms with E-state index < -0.39 is 0 Å². The molecule has 0 aliphatic heterocycles. The van der Waals surface area contributed by atoms with Gasteiger partial charge in [0.2, 0.25) is 5.88 Å². The van der Waals surface area contributed by atoms with Gasteiger partial charge in [-0.05, 0) is 37.6 Å². The number of hydrogen-bond acceptors (Lipinski definition) is 6. The third-order valence-corrected chi connectivity index (χ3v) is 3.78. The summed E-state index contributed by atoms with van der Waals surface area (Å²) in [5, 5.41) is 3.38. The second kappa shape index (κ2) is 7.04. The second-order valence-electron chi connectivity index (χ2n) is 5.41. The van der Waals surface area contributed by atoms with Crippen LogP contribution < -0.4 is 10.1 Å². The topological polar surface area (TPSA) is 72.8 Å². The summed E-state index contributed by atoms with van der Waals surface area (Å²) in [5.41, 5.74) is 3.94.